The van der Waals surface area contributed by atoms with Gasteiger partial charge in [-0.3, -0.25) is 24.9 Å². The van der Waals surface area contributed by atoms with Crippen LogP contribution in [0.25, 0.3) is 0 Å². The van der Waals surface area contributed by atoms with E-state index in [1.54, 1.807) is 114 Å². The van der Waals surface area contributed by atoms with Crippen molar-refractivity contribution in [3.05, 3.63) is 251 Å². The third kappa shape index (κ3) is 17.4. The van der Waals surface area contributed by atoms with Crippen LogP contribution in [0.4, 0.5) is 0 Å². The first-order valence-electron chi connectivity index (χ1n) is 45.7. The quantitative estimate of drug-likeness (QED) is 0.166. The van der Waals surface area contributed by atoms with Crippen molar-refractivity contribution in [3.63, 3.8) is 0 Å². The lowest BCUT2D eigenvalue weighted by Crippen LogP contribution is -2.45. The molecule has 16 saturated carbocycles. The summed E-state index contributed by atoms with van der Waals surface area (Å²) in [4.78, 5) is 20.6. The fourth-order valence-corrected chi connectivity index (χ4v) is 27.3. The predicted molar refractivity (Wildman–Crippen MR) is 469 cm³/mol. The van der Waals surface area contributed by atoms with Gasteiger partial charge in [0.05, 0.1) is 0 Å². The molecule has 0 saturated heterocycles. The maximum absolute atomic E-state index is 4.27. The lowest BCUT2D eigenvalue weighted by molar-refractivity contribution is -0.00538. The molecule has 16 aliphatic carbocycles. The van der Waals surface area contributed by atoms with Gasteiger partial charge in [-0.2, -0.15) is 0 Å². The Morgan fingerprint density at radius 2 is 0.723 bits per heavy atom. The molecular formula is C107H143N5. The van der Waals surface area contributed by atoms with Gasteiger partial charge in [-0.1, -0.05) is 79.6 Å². The molecule has 5 aromatic heterocycles. The molecule has 16 aliphatic rings. The number of hydrogen-bond donors (Lipinski definition) is 0. The van der Waals surface area contributed by atoms with Crippen LogP contribution in [0.15, 0.2) is 128 Å². The van der Waals surface area contributed by atoms with E-state index in [4.69, 9.17) is 0 Å². The summed E-state index contributed by atoms with van der Waals surface area (Å²) < 4.78 is 0. The van der Waals surface area contributed by atoms with Crippen LogP contribution in [0.5, 0.6) is 0 Å². The molecule has 112 heavy (non-hydrogen) atoms. The van der Waals surface area contributed by atoms with E-state index in [0.29, 0.717) is 10.8 Å². The first kappa shape index (κ1) is 80.6. The smallest absolute Gasteiger partial charge is 0.0404 e. The molecule has 6 unspecified atom stereocenters. The number of benzene rings is 3. The van der Waals surface area contributed by atoms with Crippen molar-refractivity contribution in [2.24, 2.45) is 82.9 Å². The third-order valence-electron chi connectivity index (χ3n) is 33.5. The van der Waals surface area contributed by atoms with E-state index >= 15 is 0 Å². The highest BCUT2D eigenvalue weighted by atomic mass is 14.7. The van der Waals surface area contributed by atoms with Crippen molar-refractivity contribution in [1.82, 2.24) is 24.9 Å². The number of nitrogens with zero attached hydrogens (tertiary/aromatic N) is 5. The Hall–Kier alpha value is -6.59. The Morgan fingerprint density at radius 1 is 0.277 bits per heavy atom. The van der Waals surface area contributed by atoms with Crippen LogP contribution in [-0.4, -0.2) is 24.9 Å². The maximum Gasteiger partial charge on any atom is 0.0404 e. The van der Waals surface area contributed by atoms with Crippen LogP contribution in [0.3, 0.4) is 0 Å². The Kier molecular flexibility index (Phi) is 25.0. The Morgan fingerprint density at radius 3 is 1.09 bits per heavy atom. The van der Waals surface area contributed by atoms with E-state index in [1.165, 1.54) is 160 Å². The number of rotatable bonds is 6. The Labute approximate surface area is 679 Å². The summed E-state index contributed by atoms with van der Waals surface area (Å²) in [6.07, 6.45) is 51.8. The third-order valence-corrected chi connectivity index (χ3v) is 33.5. The topological polar surface area (TPSA) is 64.5 Å². The zero-order chi connectivity index (χ0) is 78.3. The molecule has 6 atom stereocenters. The molecule has 0 N–H and O–H groups in total. The molecular weight excluding hydrogens is 1360 g/mol. The van der Waals surface area contributed by atoms with E-state index in [9.17, 15) is 0 Å². The lowest BCUT2D eigenvalue weighted by atomic mass is 9.49. The summed E-state index contributed by atoms with van der Waals surface area (Å²) in [5, 5.41) is 0. The van der Waals surface area contributed by atoms with E-state index < -0.39 is 0 Å². The van der Waals surface area contributed by atoms with Crippen molar-refractivity contribution in [3.8, 4) is 0 Å². The van der Waals surface area contributed by atoms with Crippen molar-refractivity contribution >= 4 is 0 Å². The molecule has 0 amide bonds. The van der Waals surface area contributed by atoms with Crippen molar-refractivity contribution in [2.45, 2.75) is 325 Å². The molecule has 3 aromatic carbocycles. The molecule has 596 valence electrons. The number of aromatic nitrogens is 5. The molecule has 0 aliphatic heterocycles. The average molecular weight is 1500 g/mol. The van der Waals surface area contributed by atoms with Gasteiger partial charge in [0, 0.05) is 59.5 Å². The Balaban J connectivity index is 0.000000107. The van der Waals surface area contributed by atoms with Gasteiger partial charge < -0.3 is 0 Å². The fourth-order valence-electron chi connectivity index (χ4n) is 27.3. The molecule has 0 radical (unpaired) electrons. The highest BCUT2D eigenvalue weighted by Gasteiger charge is 2.53. The number of pyridine rings is 5. The van der Waals surface area contributed by atoms with Gasteiger partial charge in [0.2, 0.25) is 0 Å². The number of aryl methyl sites for hydroxylation is 12. The minimum Gasteiger partial charge on any atom is -0.264 e. The molecule has 8 aromatic rings. The average Bonchev–Trinajstić information content (AvgIpc) is 1.21. The van der Waals surface area contributed by atoms with Gasteiger partial charge in [0.1, 0.15) is 0 Å². The molecule has 5 heterocycles. The summed E-state index contributed by atoms with van der Waals surface area (Å²) in [7, 11) is 0. The second-order valence-corrected chi connectivity index (χ2v) is 40.4. The van der Waals surface area contributed by atoms with E-state index in [0.717, 1.165) is 135 Å². The SMILES string of the molecule is Cc1c(C23CCC(CC2)C3)cccc1C12CCC(CC1)C2.Cc1c(C2C3CC4CC(C3)CC2C4)cccc1C1C2CC3CC(C2)CC1C3.Cc1c(C2CC3CCC2C3)cccc1C1CC2CCC1C2.Cc1cc(C)c(C)cn1.Cc1ccc(C)c(C)n1.Cc1cccnc1C.Cc1ccnc(C)c1C.Cc1ccncc1C. The first-order chi connectivity index (χ1) is 53.9. The van der Waals surface area contributed by atoms with Crippen LogP contribution in [-0.2, 0) is 10.8 Å². The van der Waals surface area contributed by atoms with Gasteiger partial charge in [0.15, 0.2) is 0 Å². The normalized spacial score (nSPS) is 32.6. The van der Waals surface area contributed by atoms with Gasteiger partial charge in [-0.05, 0) is 520 Å². The maximum atomic E-state index is 4.27. The predicted octanol–water partition coefficient (Wildman–Crippen LogP) is 28.0. The van der Waals surface area contributed by atoms with Crippen LogP contribution in [0.1, 0.15) is 327 Å². The number of fused-ring (bicyclic) bond motifs is 8. The second-order valence-electron chi connectivity index (χ2n) is 40.4. The summed E-state index contributed by atoms with van der Waals surface area (Å²) in [6.45, 7) is 34.2. The monoisotopic (exact) mass is 1500 g/mol. The minimum atomic E-state index is 0.581. The van der Waals surface area contributed by atoms with E-state index in [-0.39, 0.29) is 0 Å². The van der Waals surface area contributed by atoms with Crippen molar-refractivity contribution in [2.75, 3.05) is 0 Å². The summed E-state index contributed by atoms with van der Waals surface area (Å²) in [6, 6.07) is 36.5. The molecule has 16 fully saturated rings. The molecule has 16 bridgehead atoms. The van der Waals surface area contributed by atoms with Crippen molar-refractivity contribution in [1.29, 1.82) is 0 Å². The highest BCUT2D eigenvalue weighted by Crippen LogP contribution is 2.65. The van der Waals surface area contributed by atoms with Gasteiger partial charge in [0.25, 0.3) is 0 Å². The number of hydrogen-bond acceptors (Lipinski definition) is 5. The summed E-state index contributed by atoms with van der Waals surface area (Å²) >= 11 is 0. The van der Waals surface area contributed by atoms with Crippen LogP contribution < -0.4 is 0 Å². The standard InChI is InChI=1S/C27H36.2C21H28.3C8H11N.2C7H9N/c1-15-24(26-20-7-16-5-17(9-20)10-21(26)8-16)3-2-4-25(15)27-22-11-18-6-19(13-22)14-23(27)12-18;1-15-18(20-9-5-16(13-20)6-10-20)3-2-4-19(15)21-11-7-17(14-21)8-12-21;1-13-18(20-11-14-5-7-16(20)9-14)3-2-4-19(13)21-12-15-6-8-17(21)10-15;1-6-4-8(3)9-5-7(6)2;1-6-4-5-9-8(3)7(6)2;1-6-4-5-7(2)9-8(6)3;1-6-3-4-8-5-7(6)2;1-6-4-3-5-8-7(6)2/h2-4,16-23,26-27H,5-14H2,1H3;2-4,16-17H,5-14H2,1H3;2-4,14-17,20-21H,5-12H2,1H3;3*4-5H,1-3H3;2*3-5H,1-2H3. The van der Waals surface area contributed by atoms with Crippen LogP contribution >= 0.6 is 0 Å². The minimum absolute atomic E-state index is 0.581. The summed E-state index contributed by atoms with van der Waals surface area (Å²) in [5.74, 6) is 18.4. The largest absolute Gasteiger partial charge is 0.264 e. The zero-order valence-electron chi connectivity index (χ0n) is 72.6. The van der Waals surface area contributed by atoms with E-state index in [1.807, 2.05) is 89.9 Å². The zero-order valence-corrected chi connectivity index (χ0v) is 72.6. The van der Waals surface area contributed by atoms with Gasteiger partial charge in [-0.25, -0.2) is 0 Å². The van der Waals surface area contributed by atoms with Crippen LogP contribution in [0.2, 0.25) is 0 Å². The molecule has 24 rings (SSSR count). The fraction of sp³-hybridized carbons (Fsp3) is 0.598. The van der Waals surface area contributed by atoms with Crippen LogP contribution in [0, 0.1) is 194 Å². The van der Waals surface area contributed by atoms with Gasteiger partial charge >= 0.3 is 0 Å². The molecule has 5 nitrogen and oxygen atoms in total. The second kappa shape index (κ2) is 34.7. The molecule has 0 spiro atoms. The lowest BCUT2D eigenvalue weighted by Gasteiger charge is -2.56. The molecule has 5 heteroatoms. The van der Waals surface area contributed by atoms with E-state index in [2.05, 4.69) is 174 Å². The Bertz CT molecular complexity index is 4170. The first-order valence-corrected chi connectivity index (χ1v) is 45.7. The van der Waals surface area contributed by atoms with Gasteiger partial charge in [-0.15, -0.1) is 0 Å². The summed E-state index contributed by atoms with van der Waals surface area (Å²) in [5.41, 5.74) is 32.8. The highest BCUT2D eigenvalue weighted by molar-refractivity contribution is 5.47. The van der Waals surface area contributed by atoms with Crippen molar-refractivity contribution < 1.29 is 0 Å².